The molecule has 102 valence electrons. The molecule has 0 spiro atoms. The normalized spacial score (nSPS) is 10.9. The number of halogens is 1. The van der Waals surface area contributed by atoms with Crippen LogP contribution in [0.1, 0.15) is 15.2 Å². The Bertz CT molecular complexity index is 762. The minimum Gasteiger partial charge on any atom is -0.360 e. The second-order valence-corrected chi connectivity index (χ2v) is 6.55. The molecular formula is C15H13BrN2OS. The largest absolute Gasteiger partial charge is 0.360 e. The molecule has 0 atom stereocenters. The fraction of sp³-hybridized carbons (Fsp3) is 0.133. The van der Waals surface area contributed by atoms with Crippen LogP contribution in [0.4, 0.5) is 0 Å². The average molecular weight is 349 g/mol. The number of aromatic amines is 1. The first kappa shape index (κ1) is 13.4. The lowest BCUT2D eigenvalue weighted by Crippen LogP contribution is -2.25. The van der Waals surface area contributed by atoms with Crippen molar-refractivity contribution in [3.8, 4) is 0 Å². The maximum atomic E-state index is 12.5. The summed E-state index contributed by atoms with van der Waals surface area (Å²) >= 11 is 5.08. The third-order valence-electron chi connectivity index (χ3n) is 3.18. The second kappa shape index (κ2) is 5.42. The Morgan fingerprint density at radius 2 is 2.20 bits per heavy atom. The van der Waals surface area contributed by atoms with Crippen LogP contribution in [0, 0.1) is 0 Å². The first-order chi connectivity index (χ1) is 9.65. The molecule has 0 fully saturated rings. The van der Waals surface area contributed by atoms with Gasteiger partial charge in [0.2, 0.25) is 0 Å². The standard InChI is InChI=1S/C15H13BrN2OS/c1-18(8-11-6-10(16)9-20-11)15(19)13-7-17-14-5-3-2-4-12(13)14/h2-7,9,17H,8H2,1H3. The summed E-state index contributed by atoms with van der Waals surface area (Å²) in [6, 6.07) is 9.89. The van der Waals surface area contributed by atoms with Crippen LogP contribution in [0.3, 0.4) is 0 Å². The smallest absolute Gasteiger partial charge is 0.256 e. The molecule has 2 aromatic heterocycles. The molecule has 0 saturated carbocycles. The van der Waals surface area contributed by atoms with Gasteiger partial charge in [0.1, 0.15) is 0 Å². The number of carbonyl (C=O) groups excluding carboxylic acids is 1. The molecule has 0 aliphatic carbocycles. The van der Waals surface area contributed by atoms with Gasteiger partial charge in [0, 0.05) is 38.9 Å². The van der Waals surface area contributed by atoms with Crippen LogP contribution in [0.5, 0.6) is 0 Å². The van der Waals surface area contributed by atoms with Gasteiger partial charge in [-0.15, -0.1) is 11.3 Å². The molecule has 5 heteroatoms. The third-order valence-corrected chi connectivity index (χ3v) is 4.86. The van der Waals surface area contributed by atoms with E-state index in [1.807, 2.05) is 42.8 Å². The quantitative estimate of drug-likeness (QED) is 0.753. The Labute approximate surface area is 129 Å². The van der Waals surface area contributed by atoms with Crippen molar-refractivity contribution in [3.05, 3.63) is 56.8 Å². The van der Waals surface area contributed by atoms with Crippen molar-refractivity contribution in [2.75, 3.05) is 7.05 Å². The molecule has 0 aliphatic heterocycles. The number of hydrogen-bond acceptors (Lipinski definition) is 2. The van der Waals surface area contributed by atoms with E-state index in [0.717, 1.165) is 25.8 Å². The number of para-hydroxylation sites is 1. The lowest BCUT2D eigenvalue weighted by Gasteiger charge is -2.15. The second-order valence-electron chi connectivity index (χ2n) is 4.64. The summed E-state index contributed by atoms with van der Waals surface area (Å²) in [5, 5.41) is 3.00. The van der Waals surface area contributed by atoms with Crippen molar-refractivity contribution in [1.29, 1.82) is 0 Å². The maximum absolute atomic E-state index is 12.5. The van der Waals surface area contributed by atoms with Gasteiger partial charge in [0.15, 0.2) is 0 Å². The minimum atomic E-state index is 0.0342. The summed E-state index contributed by atoms with van der Waals surface area (Å²) in [7, 11) is 1.83. The molecule has 1 aromatic carbocycles. The number of hydrogen-bond donors (Lipinski definition) is 1. The first-order valence-corrected chi connectivity index (χ1v) is 7.87. The van der Waals surface area contributed by atoms with E-state index in [1.165, 1.54) is 0 Å². The van der Waals surface area contributed by atoms with Crippen LogP contribution in [-0.2, 0) is 6.54 Å². The number of H-pyrrole nitrogens is 1. The van der Waals surface area contributed by atoms with Crippen LogP contribution in [0.25, 0.3) is 10.9 Å². The molecule has 1 amide bonds. The number of aromatic nitrogens is 1. The van der Waals surface area contributed by atoms with Crippen molar-refractivity contribution in [3.63, 3.8) is 0 Å². The number of nitrogens with one attached hydrogen (secondary N) is 1. The van der Waals surface area contributed by atoms with Gasteiger partial charge in [0.05, 0.1) is 12.1 Å². The predicted molar refractivity (Wildman–Crippen MR) is 86.1 cm³/mol. The van der Waals surface area contributed by atoms with E-state index < -0.39 is 0 Å². The van der Waals surface area contributed by atoms with E-state index in [2.05, 4.69) is 20.9 Å². The number of benzene rings is 1. The molecule has 3 aromatic rings. The number of carbonyl (C=O) groups is 1. The third kappa shape index (κ3) is 2.51. The summed E-state index contributed by atoms with van der Waals surface area (Å²) in [6.07, 6.45) is 1.79. The van der Waals surface area contributed by atoms with Crippen molar-refractivity contribution >= 4 is 44.1 Å². The van der Waals surface area contributed by atoms with Gasteiger partial charge in [-0.05, 0) is 28.1 Å². The van der Waals surface area contributed by atoms with Gasteiger partial charge >= 0.3 is 0 Å². The highest BCUT2D eigenvalue weighted by Crippen LogP contribution is 2.23. The van der Waals surface area contributed by atoms with Crippen LogP contribution < -0.4 is 0 Å². The van der Waals surface area contributed by atoms with E-state index in [9.17, 15) is 4.79 Å². The summed E-state index contributed by atoms with van der Waals surface area (Å²) in [5.41, 5.74) is 1.71. The monoisotopic (exact) mass is 348 g/mol. The molecule has 0 radical (unpaired) electrons. The lowest BCUT2D eigenvalue weighted by molar-refractivity contribution is 0.0788. The number of rotatable bonds is 3. The highest BCUT2D eigenvalue weighted by atomic mass is 79.9. The molecule has 3 nitrogen and oxygen atoms in total. The zero-order valence-electron chi connectivity index (χ0n) is 10.9. The molecule has 1 N–H and O–H groups in total. The first-order valence-electron chi connectivity index (χ1n) is 6.19. The fourth-order valence-corrected chi connectivity index (χ4v) is 3.70. The van der Waals surface area contributed by atoms with E-state index in [-0.39, 0.29) is 5.91 Å². The maximum Gasteiger partial charge on any atom is 0.256 e. The van der Waals surface area contributed by atoms with E-state index in [4.69, 9.17) is 0 Å². The van der Waals surface area contributed by atoms with Crippen molar-refractivity contribution in [2.45, 2.75) is 6.54 Å². The summed E-state index contributed by atoms with van der Waals surface area (Å²) in [5.74, 6) is 0.0342. The van der Waals surface area contributed by atoms with Gasteiger partial charge in [-0.3, -0.25) is 4.79 Å². The molecule has 20 heavy (non-hydrogen) atoms. The van der Waals surface area contributed by atoms with Crippen LogP contribution in [-0.4, -0.2) is 22.8 Å². The van der Waals surface area contributed by atoms with Gasteiger partial charge in [-0.25, -0.2) is 0 Å². The van der Waals surface area contributed by atoms with E-state index >= 15 is 0 Å². The van der Waals surface area contributed by atoms with Gasteiger partial charge in [0.25, 0.3) is 5.91 Å². The van der Waals surface area contributed by atoms with Crippen LogP contribution >= 0.6 is 27.3 Å². The Balaban J connectivity index is 1.84. The zero-order valence-corrected chi connectivity index (χ0v) is 13.3. The molecule has 0 saturated heterocycles. The van der Waals surface area contributed by atoms with Gasteiger partial charge in [-0.1, -0.05) is 18.2 Å². The Morgan fingerprint density at radius 3 is 2.95 bits per heavy atom. The lowest BCUT2D eigenvalue weighted by atomic mass is 10.1. The highest BCUT2D eigenvalue weighted by molar-refractivity contribution is 9.10. The van der Waals surface area contributed by atoms with Crippen molar-refractivity contribution in [1.82, 2.24) is 9.88 Å². The topological polar surface area (TPSA) is 36.1 Å². The van der Waals surface area contributed by atoms with Crippen LogP contribution in [0.15, 0.2) is 46.4 Å². The molecule has 0 unspecified atom stereocenters. The summed E-state index contributed by atoms with van der Waals surface area (Å²) in [6.45, 7) is 0.620. The van der Waals surface area contributed by atoms with E-state index in [1.54, 1.807) is 22.4 Å². The molecule has 0 aliphatic rings. The van der Waals surface area contributed by atoms with Gasteiger partial charge in [-0.2, -0.15) is 0 Å². The fourth-order valence-electron chi connectivity index (χ4n) is 2.20. The number of nitrogens with zero attached hydrogens (tertiary/aromatic N) is 1. The number of fused-ring (bicyclic) bond motifs is 1. The van der Waals surface area contributed by atoms with Crippen molar-refractivity contribution < 1.29 is 4.79 Å². The Kier molecular flexibility index (Phi) is 3.63. The molecule has 2 heterocycles. The SMILES string of the molecule is CN(Cc1cc(Br)cs1)C(=O)c1c[nH]c2ccccc12. The number of thiophene rings is 1. The Morgan fingerprint density at radius 1 is 1.40 bits per heavy atom. The molecular weight excluding hydrogens is 336 g/mol. The van der Waals surface area contributed by atoms with Gasteiger partial charge < -0.3 is 9.88 Å². The summed E-state index contributed by atoms with van der Waals surface area (Å²) < 4.78 is 1.06. The predicted octanol–water partition coefficient (Wildman–Crippen LogP) is 4.26. The highest BCUT2D eigenvalue weighted by Gasteiger charge is 2.16. The van der Waals surface area contributed by atoms with Crippen molar-refractivity contribution in [2.24, 2.45) is 0 Å². The zero-order chi connectivity index (χ0) is 14.1. The molecule has 3 rings (SSSR count). The number of amides is 1. The van der Waals surface area contributed by atoms with Crippen LogP contribution in [0.2, 0.25) is 0 Å². The molecule has 0 bridgehead atoms. The minimum absolute atomic E-state index is 0.0342. The summed E-state index contributed by atoms with van der Waals surface area (Å²) in [4.78, 5) is 18.6. The van der Waals surface area contributed by atoms with E-state index in [0.29, 0.717) is 6.54 Å². The Hall–Kier alpha value is -1.59. The average Bonchev–Trinajstić information content (AvgIpc) is 3.04.